The summed E-state index contributed by atoms with van der Waals surface area (Å²) in [4.78, 5) is 24.2. The van der Waals surface area contributed by atoms with E-state index in [2.05, 4.69) is 0 Å². The first-order valence-electron chi connectivity index (χ1n) is 5.94. The molecule has 0 spiro atoms. The van der Waals surface area contributed by atoms with Gasteiger partial charge < -0.3 is 10.2 Å². The molecule has 1 aliphatic heterocycles. The van der Waals surface area contributed by atoms with Gasteiger partial charge >= 0.3 is 12.1 Å². The minimum absolute atomic E-state index is 0.192. The second kappa shape index (κ2) is 4.20. The molecule has 1 rings (SSSR count). The van der Waals surface area contributed by atoms with Gasteiger partial charge in [0, 0.05) is 6.04 Å². The van der Waals surface area contributed by atoms with E-state index in [0.717, 1.165) is 4.90 Å². The van der Waals surface area contributed by atoms with Crippen molar-refractivity contribution in [2.45, 2.75) is 58.5 Å². The highest BCUT2D eigenvalue weighted by Gasteiger charge is 2.60. The van der Waals surface area contributed by atoms with Crippen molar-refractivity contribution in [2.75, 3.05) is 0 Å². The number of hydrogen-bond donors (Lipinski definition) is 2. The highest BCUT2D eigenvalue weighted by atomic mass is 16.4. The van der Waals surface area contributed by atoms with Crippen molar-refractivity contribution >= 4 is 12.1 Å². The number of amides is 1. The second-order valence-corrected chi connectivity index (χ2v) is 5.67. The lowest BCUT2D eigenvalue weighted by Crippen LogP contribution is -2.62. The van der Waals surface area contributed by atoms with Gasteiger partial charge in [0.25, 0.3) is 0 Å². The van der Waals surface area contributed by atoms with Gasteiger partial charge in [0.2, 0.25) is 0 Å². The van der Waals surface area contributed by atoms with E-state index < -0.39 is 23.0 Å². The minimum Gasteiger partial charge on any atom is -0.479 e. The third-order valence-electron chi connectivity index (χ3n) is 3.89. The summed E-state index contributed by atoms with van der Waals surface area (Å²) in [5.41, 5.74) is -1.93. The molecule has 5 nitrogen and oxygen atoms in total. The van der Waals surface area contributed by atoms with Crippen LogP contribution in [-0.4, -0.2) is 38.8 Å². The molecule has 0 aromatic rings. The van der Waals surface area contributed by atoms with Gasteiger partial charge in [-0.1, -0.05) is 27.7 Å². The first-order valence-corrected chi connectivity index (χ1v) is 5.94. The average molecular weight is 243 g/mol. The van der Waals surface area contributed by atoms with Gasteiger partial charge in [-0.05, 0) is 24.7 Å². The Bertz CT molecular complexity index is 334. The lowest BCUT2D eigenvalue weighted by molar-refractivity contribution is -0.156. The van der Waals surface area contributed by atoms with Gasteiger partial charge in [-0.25, -0.2) is 9.59 Å². The summed E-state index contributed by atoms with van der Waals surface area (Å²) >= 11 is 0. The monoisotopic (exact) mass is 243 g/mol. The summed E-state index contributed by atoms with van der Waals surface area (Å²) in [5.74, 6) is -1.04. The van der Waals surface area contributed by atoms with Crippen molar-refractivity contribution in [2.24, 2.45) is 5.41 Å². The number of likely N-dealkylation sites (tertiary alicyclic amines) is 1. The number of hydrogen-bond acceptors (Lipinski definition) is 2. The SMILES string of the molecule is CC[C@@H]1CC[C@@](C(=O)O)(C(C)(C)C)N1C(=O)O. The first-order chi connectivity index (χ1) is 7.68. The summed E-state index contributed by atoms with van der Waals surface area (Å²) in [6, 6.07) is -0.192. The van der Waals surface area contributed by atoms with Crippen LogP contribution in [-0.2, 0) is 4.79 Å². The van der Waals surface area contributed by atoms with E-state index in [1.54, 1.807) is 20.8 Å². The molecule has 0 aliphatic carbocycles. The Kier molecular flexibility index (Phi) is 3.41. The van der Waals surface area contributed by atoms with Crippen molar-refractivity contribution in [1.29, 1.82) is 0 Å². The fraction of sp³-hybridized carbons (Fsp3) is 0.833. The van der Waals surface area contributed by atoms with Crippen LogP contribution in [0.5, 0.6) is 0 Å². The Morgan fingerprint density at radius 2 is 1.88 bits per heavy atom. The van der Waals surface area contributed by atoms with Crippen molar-refractivity contribution in [3.05, 3.63) is 0 Å². The van der Waals surface area contributed by atoms with Crippen LogP contribution in [0.15, 0.2) is 0 Å². The van der Waals surface area contributed by atoms with Crippen molar-refractivity contribution in [3.63, 3.8) is 0 Å². The highest BCUT2D eigenvalue weighted by molar-refractivity contribution is 5.86. The van der Waals surface area contributed by atoms with E-state index in [0.29, 0.717) is 19.3 Å². The molecular weight excluding hydrogens is 222 g/mol. The molecule has 1 aliphatic rings. The van der Waals surface area contributed by atoms with Crippen molar-refractivity contribution in [3.8, 4) is 0 Å². The van der Waals surface area contributed by atoms with Crippen molar-refractivity contribution < 1.29 is 19.8 Å². The Hall–Kier alpha value is -1.26. The standard InChI is InChI=1S/C12H21NO4/c1-5-8-6-7-12(9(14)15,11(2,3)4)13(8)10(16)17/h8H,5-7H2,1-4H3,(H,14,15)(H,16,17)/t8-,12-/m1/s1. The third kappa shape index (κ3) is 1.87. The van der Waals surface area contributed by atoms with Gasteiger partial charge in [-0.3, -0.25) is 4.90 Å². The molecule has 0 aromatic carbocycles. The molecule has 5 heteroatoms. The molecule has 1 fully saturated rings. The zero-order chi connectivity index (χ0) is 13.4. The maximum absolute atomic E-state index is 11.6. The number of nitrogens with zero attached hydrogens (tertiary/aromatic N) is 1. The normalized spacial score (nSPS) is 29.4. The lowest BCUT2D eigenvalue weighted by atomic mass is 9.72. The summed E-state index contributed by atoms with van der Waals surface area (Å²) in [6.07, 6.45) is 0.520. The zero-order valence-electron chi connectivity index (χ0n) is 10.9. The molecule has 2 atom stereocenters. The van der Waals surface area contributed by atoms with Gasteiger partial charge in [0.1, 0.15) is 5.54 Å². The molecule has 0 radical (unpaired) electrons. The molecule has 0 saturated carbocycles. The van der Waals surface area contributed by atoms with Crippen LogP contribution in [0.4, 0.5) is 4.79 Å². The van der Waals surface area contributed by atoms with E-state index in [1.807, 2.05) is 6.92 Å². The molecule has 1 heterocycles. The maximum Gasteiger partial charge on any atom is 0.408 e. The summed E-state index contributed by atoms with van der Waals surface area (Å²) in [7, 11) is 0. The van der Waals surface area contributed by atoms with Crippen LogP contribution in [0.1, 0.15) is 47.0 Å². The minimum atomic E-state index is -1.31. The maximum atomic E-state index is 11.6. The molecule has 0 bridgehead atoms. The zero-order valence-corrected chi connectivity index (χ0v) is 10.9. The van der Waals surface area contributed by atoms with Crippen LogP contribution >= 0.6 is 0 Å². The highest BCUT2D eigenvalue weighted by Crippen LogP contribution is 2.47. The number of rotatable bonds is 2. The van der Waals surface area contributed by atoms with E-state index >= 15 is 0 Å². The number of carboxylic acids is 1. The number of aliphatic carboxylic acids is 1. The van der Waals surface area contributed by atoms with E-state index in [1.165, 1.54) is 0 Å². The van der Waals surface area contributed by atoms with E-state index in [4.69, 9.17) is 0 Å². The van der Waals surface area contributed by atoms with E-state index in [9.17, 15) is 19.8 Å². The quantitative estimate of drug-likeness (QED) is 0.780. The predicted octanol–water partition coefficient (Wildman–Crippen LogP) is 2.41. The van der Waals surface area contributed by atoms with Gasteiger partial charge in [-0.15, -0.1) is 0 Å². The fourth-order valence-corrected chi connectivity index (χ4v) is 2.91. The summed E-state index contributed by atoms with van der Waals surface area (Å²) < 4.78 is 0. The first kappa shape index (κ1) is 13.8. The van der Waals surface area contributed by atoms with Crippen LogP contribution in [0.25, 0.3) is 0 Å². The predicted molar refractivity (Wildman–Crippen MR) is 63.0 cm³/mol. The largest absolute Gasteiger partial charge is 0.479 e. The molecule has 17 heavy (non-hydrogen) atoms. The van der Waals surface area contributed by atoms with Crippen molar-refractivity contribution in [1.82, 2.24) is 4.90 Å². The number of carbonyl (C=O) groups is 2. The Balaban J connectivity index is 3.32. The van der Waals surface area contributed by atoms with Crippen LogP contribution in [0.2, 0.25) is 0 Å². The van der Waals surface area contributed by atoms with Crippen LogP contribution in [0.3, 0.4) is 0 Å². The molecule has 0 unspecified atom stereocenters. The topological polar surface area (TPSA) is 77.8 Å². The van der Waals surface area contributed by atoms with Crippen LogP contribution in [0, 0.1) is 5.41 Å². The van der Waals surface area contributed by atoms with Gasteiger partial charge in [0.05, 0.1) is 0 Å². The lowest BCUT2D eigenvalue weighted by Gasteiger charge is -2.44. The van der Waals surface area contributed by atoms with Gasteiger partial charge in [0.15, 0.2) is 0 Å². The molecular formula is C12H21NO4. The molecule has 1 amide bonds. The van der Waals surface area contributed by atoms with E-state index in [-0.39, 0.29) is 6.04 Å². The molecule has 2 N–H and O–H groups in total. The fourth-order valence-electron chi connectivity index (χ4n) is 2.91. The summed E-state index contributed by atoms with van der Waals surface area (Å²) in [6.45, 7) is 7.25. The Morgan fingerprint density at radius 3 is 2.18 bits per heavy atom. The molecule has 1 saturated heterocycles. The number of carboxylic acid groups (broad SMARTS) is 2. The van der Waals surface area contributed by atoms with Crippen LogP contribution < -0.4 is 0 Å². The average Bonchev–Trinajstić information content (AvgIpc) is 2.56. The van der Waals surface area contributed by atoms with Gasteiger partial charge in [-0.2, -0.15) is 0 Å². The second-order valence-electron chi connectivity index (χ2n) is 5.67. The summed E-state index contributed by atoms with van der Waals surface area (Å²) in [5, 5.41) is 18.9. The molecule has 0 aromatic heterocycles. The molecule has 98 valence electrons. The smallest absolute Gasteiger partial charge is 0.408 e. The Labute approximate surface area is 101 Å². The Morgan fingerprint density at radius 1 is 1.35 bits per heavy atom. The third-order valence-corrected chi connectivity index (χ3v) is 3.89.